The summed E-state index contributed by atoms with van der Waals surface area (Å²) in [6.07, 6.45) is 13.0. The molecule has 4 fully saturated rings. The molecule has 2 N–H and O–H groups in total. The quantitative estimate of drug-likeness (QED) is 0.369. The van der Waals surface area contributed by atoms with Gasteiger partial charge in [0, 0.05) is 63.1 Å². The Balaban J connectivity index is 0.820. The largest absolute Gasteiger partial charge is 0.475 e. The van der Waals surface area contributed by atoms with E-state index >= 15 is 0 Å². The Morgan fingerprint density at radius 3 is 2.57 bits per heavy atom. The van der Waals surface area contributed by atoms with Crippen molar-refractivity contribution in [1.29, 1.82) is 0 Å². The van der Waals surface area contributed by atoms with Gasteiger partial charge in [-0.1, -0.05) is 36.4 Å². The van der Waals surface area contributed by atoms with Crippen molar-refractivity contribution in [1.82, 2.24) is 45.3 Å². The van der Waals surface area contributed by atoms with Crippen LogP contribution in [0.1, 0.15) is 69.5 Å². The Labute approximate surface area is 290 Å². The number of amides is 1. The third kappa shape index (κ3) is 6.91. The van der Waals surface area contributed by atoms with Crippen molar-refractivity contribution in [2.75, 3.05) is 45.8 Å². The number of carbonyl (C=O) groups excluding carboxylic acids is 1. The molecule has 0 radical (unpaired) electrons. The van der Waals surface area contributed by atoms with Crippen LogP contribution in [0.5, 0.6) is 5.88 Å². The van der Waals surface area contributed by atoms with Gasteiger partial charge < -0.3 is 9.64 Å². The van der Waals surface area contributed by atoms with Crippen LogP contribution >= 0.6 is 0 Å². The fraction of sp³-hybridized carbons (Fsp3) is 0.579. The molecule has 1 spiro atoms. The Hall–Kier alpha value is -3.64. The smallest absolute Gasteiger partial charge is 0.237 e. The van der Waals surface area contributed by atoms with Crippen LogP contribution in [0, 0.1) is 11.3 Å². The molecular weight excluding hydrogens is 614 g/mol. The molecule has 5 unspecified atom stereocenters. The van der Waals surface area contributed by atoms with Gasteiger partial charge in [-0.3, -0.25) is 24.7 Å². The number of aryl methyl sites for hydroxylation is 1. The molecule has 1 aromatic carbocycles. The second-order valence-electron chi connectivity index (χ2n) is 15.4. The average Bonchev–Trinajstić information content (AvgIpc) is 3.92. The topological polar surface area (TPSA) is 104 Å². The van der Waals surface area contributed by atoms with E-state index in [0.717, 1.165) is 37.4 Å². The van der Waals surface area contributed by atoms with Gasteiger partial charge in [-0.15, -0.1) is 0 Å². The first-order chi connectivity index (χ1) is 23.8. The molecule has 11 heteroatoms. The van der Waals surface area contributed by atoms with E-state index in [1.54, 1.807) is 11.0 Å². The number of likely N-dealkylation sites (tertiary alicyclic amines) is 2. The fourth-order valence-electron chi connectivity index (χ4n) is 9.11. The normalized spacial score (nSPS) is 29.1. The van der Waals surface area contributed by atoms with Crippen LogP contribution in [0.25, 0.3) is 17.0 Å². The van der Waals surface area contributed by atoms with Crippen molar-refractivity contribution in [2.45, 2.75) is 76.6 Å². The highest BCUT2D eigenvalue weighted by Crippen LogP contribution is 2.45. The number of carbonyl (C=O) groups is 1. The molecule has 260 valence electrons. The first kappa shape index (κ1) is 32.6. The standard InChI is InChI=1S/C38H51N9O2/c1-26(2)49-34-11-8-30(21-39-34)36-32-20-31(9-10-33(32)41-42-36)47-19-15-38(24-47)14-18-45(23-38)22-35(48)46-16-12-28(13-17-46)27-4-6-29(7-5-27)37-40-25-44(3)43-37/h4-8,11-12,21,25-26,31-33,36,41-42H,9-10,13-20,22-24H2,1-3H3. The van der Waals surface area contributed by atoms with Gasteiger partial charge in [0.15, 0.2) is 5.82 Å². The summed E-state index contributed by atoms with van der Waals surface area (Å²) in [7, 11) is 1.88. The Bertz CT molecular complexity index is 1650. The summed E-state index contributed by atoms with van der Waals surface area (Å²) in [5.41, 5.74) is 12.3. The first-order valence-electron chi connectivity index (χ1n) is 18.3. The van der Waals surface area contributed by atoms with Crippen LogP contribution < -0.4 is 15.6 Å². The third-order valence-corrected chi connectivity index (χ3v) is 11.7. The number of fused-ring (bicyclic) bond motifs is 1. The van der Waals surface area contributed by atoms with E-state index in [2.05, 4.69) is 72.1 Å². The molecule has 5 aliphatic rings. The number of nitrogens with zero attached hydrogens (tertiary/aromatic N) is 7. The maximum Gasteiger partial charge on any atom is 0.237 e. The number of aromatic nitrogens is 4. The molecule has 1 saturated carbocycles. The number of rotatable bonds is 8. The number of benzene rings is 1. The lowest BCUT2D eigenvalue weighted by Crippen LogP contribution is -2.45. The maximum atomic E-state index is 13.4. The summed E-state index contributed by atoms with van der Waals surface area (Å²) in [6.45, 7) is 10.5. The molecule has 3 aromatic rings. The van der Waals surface area contributed by atoms with E-state index in [9.17, 15) is 4.79 Å². The Morgan fingerprint density at radius 2 is 1.84 bits per heavy atom. The lowest BCUT2D eigenvalue weighted by Gasteiger charge is -2.38. The van der Waals surface area contributed by atoms with E-state index in [4.69, 9.17) is 4.74 Å². The van der Waals surface area contributed by atoms with Crippen molar-refractivity contribution in [3.05, 3.63) is 66.1 Å². The molecule has 1 amide bonds. The minimum Gasteiger partial charge on any atom is -0.475 e. The molecule has 5 atom stereocenters. The minimum absolute atomic E-state index is 0.123. The molecule has 0 bridgehead atoms. The van der Waals surface area contributed by atoms with Gasteiger partial charge in [-0.25, -0.2) is 15.4 Å². The minimum atomic E-state index is 0.123. The van der Waals surface area contributed by atoms with Crippen LogP contribution in [0.3, 0.4) is 0 Å². The van der Waals surface area contributed by atoms with Crippen molar-refractivity contribution >= 4 is 11.5 Å². The number of hydrogen-bond acceptors (Lipinski definition) is 9. The maximum absolute atomic E-state index is 13.4. The van der Waals surface area contributed by atoms with Crippen LogP contribution in [0.15, 0.2) is 55.0 Å². The van der Waals surface area contributed by atoms with E-state index in [1.807, 2.05) is 38.1 Å². The summed E-state index contributed by atoms with van der Waals surface area (Å²) in [6, 6.07) is 14.0. The van der Waals surface area contributed by atoms with Gasteiger partial charge in [-0.05, 0) is 93.5 Å². The number of ether oxygens (including phenoxy) is 1. The van der Waals surface area contributed by atoms with Crippen LogP contribution in [0.4, 0.5) is 0 Å². The fourth-order valence-corrected chi connectivity index (χ4v) is 9.11. The van der Waals surface area contributed by atoms with Crippen molar-refractivity contribution in [2.24, 2.45) is 18.4 Å². The van der Waals surface area contributed by atoms with E-state index in [-0.39, 0.29) is 18.1 Å². The number of pyridine rings is 1. The second-order valence-corrected chi connectivity index (χ2v) is 15.4. The van der Waals surface area contributed by atoms with E-state index in [0.29, 0.717) is 42.4 Å². The zero-order chi connectivity index (χ0) is 33.5. The molecule has 49 heavy (non-hydrogen) atoms. The van der Waals surface area contributed by atoms with Crippen molar-refractivity contribution in [3.8, 4) is 17.3 Å². The molecule has 6 heterocycles. The van der Waals surface area contributed by atoms with Gasteiger partial charge in [0.1, 0.15) is 6.33 Å². The first-order valence-corrected chi connectivity index (χ1v) is 18.3. The highest BCUT2D eigenvalue weighted by Gasteiger charge is 2.48. The SMILES string of the molecule is CC(C)Oc1ccc(C2NNC3CCC(N4CCC5(CCN(CC(=O)N6CC=C(c7ccc(-c8ncn(C)n8)cc7)CC6)C5)C4)CC32)cn1. The highest BCUT2D eigenvalue weighted by atomic mass is 16.5. The van der Waals surface area contributed by atoms with E-state index in [1.165, 1.54) is 61.9 Å². The molecule has 4 aliphatic heterocycles. The molecular formula is C38H51N9O2. The van der Waals surface area contributed by atoms with Crippen molar-refractivity contribution in [3.63, 3.8) is 0 Å². The molecule has 2 aromatic heterocycles. The zero-order valence-electron chi connectivity index (χ0n) is 29.2. The molecule has 3 saturated heterocycles. The summed E-state index contributed by atoms with van der Waals surface area (Å²) < 4.78 is 7.50. The van der Waals surface area contributed by atoms with Crippen LogP contribution in [-0.2, 0) is 11.8 Å². The summed E-state index contributed by atoms with van der Waals surface area (Å²) in [5, 5.41) is 4.40. The third-order valence-electron chi connectivity index (χ3n) is 11.7. The predicted octanol–water partition coefficient (Wildman–Crippen LogP) is 4.06. The average molecular weight is 666 g/mol. The molecule has 11 nitrogen and oxygen atoms in total. The van der Waals surface area contributed by atoms with Gasteiger partial charge in [0.2, 0.25) is 11.8 Å². The van der Waals surface area contributed by atoms with Gasteiger partial charge in [-0.2, -0.15) is 5.10 Å². The summed E-state index contributed by atoms with van der Waals surface area (Å²) >= 11 is 0. The van der Waals surface area contributed by atoms with Gasteiger partial charge >= 0.3 is 0 Å². The second kappa shape index (κ2) is 13.6. The Morgan fingerprint density at radius 1 is 1.00 bits per heavy atom. The molecule has 8 rings (SSSR count). The highest BCUT2D eigenvalue weighted by molar-refractivity contribution is 5.80. The number of hydrogen-bond donors (Lipinski definition) is 2. The predicted molar refractivity (Wildman–Crippen MR) is 189 cm³/mol. The van der Waals surface area contributed by atoms with Crippen LogP contribution in [0.2, 0.25) is 0 Å². The summed E-state index contributed by atoms with van der Waals surface area (Å²) in [5.74, 6) is 2.25. The Kier molecular flexibility index (Phi) is 9.02. The zero-order valence-corrected chi connectivity index (χ0v) is 29.2. The van der Waals surface area contributed by atoms with Gasteiger partial charge in [0.05, 0.1) is 18.7 Å². The molecule has 1 aliphatic carbocycles. The monoisotopic (exact) mass is 665 g/mol. The number of nitrogens with one attached hydrogen (secondary N) is 2. The van der Waals surface area contributed by atoms with Crippen LogP contribution in [-0.4, -0.2) is 104 Å². The summed E-state index contributed by atoms with van der Waals surface area (Å²) in [4.78, 5) is 29.7. The van der Waals surface area contributed by atoms with E-state index < -0.39 is 0 Å². The number of hydrazine groups is 1. The lowest BCUT2D eigenvalue weighted by atomic mass is 9.77. The van der Waals surface area contributed by atoms with Crippen molar-refractivity contribution < 1.29 is 9.53 Å². The lowest BCUT2D eigenvalue weighted by molar-refractivity contribution is -0.131. The van der Waals surface area contributed by atoms with Gasteiger partial charge in [0.25, 0.3) is 0 Å².